The summed E-state index contributed by atoms with van der Waals surface area (Å²) in [6.07, 6.45) is 5.41. The summed E-state index contributed by atoms with van der Waals surface area (Å²) in [5, 5.41) is 0. The second kappa shape index (κ2) is 7.14. The molecular formula is C18H18O2S. The van der Waals surface area contributed by atoms with Crippen LogP contribution >= 0.6 is 11.8 Å². The number of ketones is 1. The molecule has 0 aliphatic rings. The Morgan fingerprint density at radius 2 is 1.86 bits per heavy atom. The fourth-order valence-corrected chi connectivity index (χ4v) is 2.48. The van der Waals surface area contributed by atoms with Crippen LogP contribution in [0, 0.1) is 6.92 Å². The first-order chi connectivity index (χ1) is 10.1. The first kappa shape index (κ1) is 15.4. The normalized spacial score (nSPS) is 10.8. The van der Waals surface area contributed by atoms with Crippen molar-refractivity contribution in [3.8, 4) is 5.75 Å². The molecule has 0 aromatic heterocycles. The average molecular weight is 298 g/mol. The first-order valence-electron chi connectivity index (χ1n) is 6.65. The quantitative estimate of drug-likeness (QED) is 0.457. The maximum absolute atomic E-state index is 12.2. The highest BCUT2D eigenvalue weighted by molar-refractivity contribution is 7.98. The van der Waals surface area contributed by atoms with Gasteiger partial charge >= 0.3 is 0 Å². The molecule has 0 bridgehead atoms. The molecule has 2 nitrogen and oxygen atoms in total. The molecule has 0 saturated carbocycles. The molecule has 0 saturated heterocycles. The molecule has 0 amide bonds. The van der Waals surface area contributed by atoms with Gasteiger partial charge in [-0.2, -0.15) is 0 Å². The molecule has 0 fully saturated rings. The fourth-order valence-electron chi connectivity index (χ4n) is 1.94. The Labute approximate surface area is 129 Å². The number of thioether (sulfide) groups is 1. The van der Waals surface area contributed by atoms with Crippen molar-refractivity contribution in [1.82, 2.24) is 0 Å². The van der Waals surface area contributed by atoms with E-state index in [9.17, 15) is 4.79 Å². The highest BCUT2D eigenvalue weighted by Gasteiger charge is 2.07. The number of allylic oxidation sites excluding steroid dienone is 1. The van der Waals surface area contributed by atoms with Crippen LogP contribution in [-0.2, 0) is 0 Å². The Morgan fingerprint density at radius 3 is 2.48 bits per heavy atom. The summed E-state index contributed by atoms with van der Waals surface area (Å²) < 4.78 is 5.31. The van der Waals surface area contributed by atoms with Crippen LogP contribution in [-0.4, -0.2) is 19.1 Å². The number of rotatable bonds is 5. The molecule has 0 N–H and O–H groups in total. The Bertz CT molecular complexity index is 657. The van der Waals surface area contributed by atoms with Crippen molar-refractivity contribution in [1.29, 1.82) is 0 Å². The highest BCUT2D eigenvalue weighted by Crippen LogP contribution is 2.28. The Kier molecular flexibility index (Phi) is 5.23. The highest BCUT2D eigenvalue weighted by atomic mass is 32.2. The number of ether oxygens (including phenoxy) is 1. The molecule has 0 atom stereocenters. The van der Waals surface area contributed by atoms with Gasteiger partial charge in [0.2, 0.25) is 0 Å². The zero-order chi connectivity index (χ0) is 15.2. The van der Waals surface area contributed by atoms with Crippen LogP contribution in [0.2, 0.25) is 0 Å². The van der Waals surface area contributed by atoms with E-state index in [1.807, 2.05) is 55.7 Å². The van der Waals surface area contributed by atoms with Crippen molar-refractivity contribution >= 4 is 23.6 Å². The zero-order valence-electron chi connectivity index (χ0n) is 12.4. The minimum Gasteiger partial charge on any atom is -0.496 e. The van der Waals surface area contributed by atoms with E-state index >= 15 is 0 Å². The summed E-state index contributed by atoms with van der Waals surface area (Å²) in [5.74, 6) is 0.707. The van der Waals surface area contributed by atoms with E-state index in [1.54, 1.807) is 31.0 Å². The van der Waals surface area contributed by atoms with Gasteiger partial charge in [-0.25, -0.2) is 0 Å². The van der Waals surface area contributed by atoms with Gasteiger partial charge in [0.05, 0.1) is 7.11 Å². The molecule has 0 aliphatic carbocycles. The van der Waals surface area contributed by atoms with Gasteiger partial charge in [-0.1, -0.05) is 35.9 Å². The Morgan fingerprint density at radius 1 is 1.14 bits per heavy atom. The van der Waals surface area contributed by atoms with Crippen molar-refractivity contribution in [2.24, 2.45) is 0 Å². The Balaban J connectivity index is 2.18. The van der Waals surface area contributed by atoms with Crippen molar-refractivity contribution in [2.45, 2.75) is 11.8 Å². The number of hydrogen-bond acceptors (Lipinski definition) is 3. The van der Waals surface area contributed by atoms with Crippen LogP contribution in [0.1, 0.15) is 21.5 Å². The second-order valence-electron chi connectivity index (χ2n) is 4.68. The summed E-state index contributed by atoms with van der Waals surface area (Å²) in [4.78, 5) is 13.2. The predicted molar refractivity (Wildman–Crippen MR) is 89.3 cm³/mol. The number of methoxy groups -OCH3 is 1. The minimum absolute atomic E-state index is 0.0264. The topological polar surface area (TPSA) is 26.3 Å². The molecule has 0 unspecified atom stereocenters. The molecule has 0 spiro atoms. The van der Waals surface area contributed by atoms with E-state index in [0.717, 1.165) is 16.2 Å². The van der Waals surface area contributed by atoms with Crippen LogP contribution in [0.15, 0.2) is 53.4 Å². The third-order valence-corrected chi connectivity index (χ3v) is 3.95. The molecule has 2 rings (SSSR count). The maximum atomic E-state index is 12.2. The number of hydrogen-bond donors (Lipinski definition) is 0. The summed E-state index contributed by atoms with van der Waals surface area (Å²) in [7, 11) is 1.62. The van der Waals surface area contributed by atoms with E-state index in [0.29, 0.717) is 5.56 Å². The lowest BCUT2D eigenvalue weighted by Crippen LogP contribution is -1.96. The Hall–Kier alpha value is -2.00. The molecule has 0 aliphatic heterocycles. The van der Waals surface area contributed by atoms with Crippen LogP contribution < -0.4 is 4.74 Å². The van der Waals surface area contributed by atoms with E-state index in [2.05, 4.69) is 0 Å². The van der Waals surface area contributed by atoms with Gasteiger partial charge in [-0.15, -0.1) is 11.8 Å². The minimum atomic E-state index is -0.0264. The molecular weight excluding hydrogens is 280 g/mol. The van der Waals surface area contributed by atoms with Gasteiger partial charge in [0.25, 0.3) is 0 Å². The summed E-state index contributed by atoms with van der Waals surface area (Å²) in [5.41, 5.74) is 2.85. The molecule has 3 heteroatoms. The summed E-state index contributed by atoms with van der Waals surface area (Å²) in [6.45, 7) is 2.04. The van der Waals surface area contributed by atoms with Crippen molar-refractivity contribution in [3.05, 3.63) is 65.2 Å². The molecule has 108 valence electrons. The smallest absolute Gasteiger partial charge is 0.185 e. The molecule has 2 aromatic rings. The standard InChI is InChI=1S/C18H18O2S/c1-13-4-6-14(7-5-13)8-10-16(19)15-9-11-18(21-3)17(12-15)20-2/h4-12H,1-3H3. The van der Waals surface area contributed by atoms with Crippen LogP contribution in [0.3, 0.4) is 0 Å². The SMILES string of the molecule is COc1cc(C(=O)C=Cc2ccc(C)cc2)ccc1SC. The first-order valence-corrected chi connectivity index (χ1v) is 7.87. The molecule has 2 aromatic carbocycles. The van der Waals surface area contributed by atoms with E-state index in [4.69, 9.17) is 4.74 Å². The molecule has 0 radical (unpaired) electrons. The second-order valence-corrected chi connectivity index (χ2v) is 5.53. The van der Waals surface area contributed by atoms with Gasteiger partial charge in [0.15, 0.2) is 5.78 Å². The van der Waals surface area contributed by atoms with Crippen LogP contribution in [0.5, 0.6) is 5.75 Å². The van der Waals surface area contributed by atoms with Gasteiger partial charge in [0.1, 0.15) is 5.75 Å². The molecule has 0 heterocycles. The fraction of sp³-hybridized carbons (Fsp3) is 0.167. The zero-order valence-corrected chi connectivity index (χ0v) is 13.2. The lowest BCUT2D eigenvalue weighted by Gasteiger charge is -2.07. The third-order valence-electron chi connectivity index (χ3n) is 3.17. The number of aryl methyl sites for hydroxylation is 1. The van der Waals surface area contributed by atoms with Gasteiger partial charge in [0, 0.05) is 10.5 Å². The summed E-state index contributed by atoms with van der Waals surface area (Å²) >= 11 is 1.60. The number of benzene rings is 2. The largest absolute Gasteiger partial charge is 0.496 e. The third kappa shape index (κ3) is 3.99. The average Bonchev–Trinajstić information content (AvgIpc) is 2.53. The number of carbonyl (C=O) groups excluding carboxylic acids is 1. The van der Waals surface area contributed by atoms with Crippen molar-refractivity contribution in [3.63, 3.8) is 0 Å². The van der Waals surface area contributed by atoms with Crippen LogP contribution in [0.4, 0.5) is 0 Å². The van der Waals surface area contributed by atoms with Gasteiger partial charge < -0.3 is 4.74 Å². The summed E-state index contributed by atoms with van der Waals surface area (Å²) in [6, 6.07) is 13.6. The lowest BCUT2D eigenvalue weighted by molar-refractivity contribution is 0.104. The van der Waals surface area contributed by atoms with Crippen molar-refractivity contribution < 1.29 is 9.53 Å². The number of carbonyl (C=O) groups is 1. The van der Waals surface area contributed by atoms with Gasteiger partial charge in [-0.3, -0.25) is 4.79 Å². The molecule has 21 heavy (non-hydrogen) atoms. The van der Waals surface area contributed by atoms with Gasteiger partial charge in [-0.05, 0) is 43.0 Å². The van der Waals surface area contributed by atoms with E-state index in [1.165, 1.54) is 5.56 Å². The van der Waals surface area contributed by atoms with E-state index in [-0.39, 0.29) is 5.78 Å². The van der Waals surface area contributed by atoms with Crippen molar-refractivity contribution in [2.75, 3.05) is 13.4 Å². The van der Waals surface area contributed by atoms with E-state index < -0.39 is 0 Å². The lowest BCUT2D eigenvalue weighted by atomic mass is 10.1. The predicted octanol–water partition coefficient (Wildman–Crippen LogP) is 4.62. The van der Waals surface area contributed by atoms with Crippen LogP contribution in [0.25, 0.3) is 6.08 Å². The maximum Gasteiger partial charge on any atom is 0.185 e. The monoisotopic (exact) mass is 298 g/mol.